The number of rotatable bonds is 8. The van der Waals surface area contributed by atoms with Crippen LogP contribution in [0.2, 0.25) is 0 Å². The Morgan fingerprint density at radius 2 is 1.83 bits per heavy atom. The molecule has 2 aromatic rings. The van der Waals surface area contributed by atoms with Crippen LogP contribution in [0.5, 0.6) is 0 Å². The Hall–Kier alpha value is -2.93. The average Bonchev–Trinajstić information content (AvgIpc) is 2.59. The van der Waals surface area contributed by atoms with Crippen LogP contribution < -0.4 is 10.6 Å². The molecule has 0 saturated carbocycles. The summed E-state index contributed by atoms with van der Waals surface area (Å²) in [4.78, 5) is 22.5. The molecule has 0 aliphatic carbocycles. The maximum atomic E-state index is 12.0. The third-order valence-corrected chi connectivity index (χ3v) is 3.35. The summed E-state index contributed by atoms with van der Waals surface area (Å²) in [6, 6.07) is 13.5. The van der Waals surface area contributed by atoms with Gasteiger partial charge in [0.1, 0.15) is 5.69 Å². The minimum atomic E-state index is -0.442. The molecule has 0 saturated heterocycles. The summed E-state index contributed by atoms with van der Waals surface area (Å²) in [5.74, 6) is -0.191. The predicted molar refractivity (Wildman–Crippen MR) is 91.1 cm³/mol. The molecule has 7 heteroatoms. The monoisotopic (exact) mass is 329 g/mol. The van der Waals surface area contributed by atoms with E-state index < -0.39 is 4.92 Å². The van der Waals surface area contributed by atoms with Gasteiger partial charge >= 0.3 is 0 Å². The second-order valence-corrected chi connectivity index (χ2v) is 5.09. The molecule has 2 N–H and O–H groups in total. The molecule has 0 aliphatic heterocycles. The molecule has 0 fully saturated rings. The number of nitrogens with zero attached hydrogens (tertiary/aromatic N) is 1. The molecule has 0 bridgehead atoms. The number of nitro groups is 1. The number of carbonyl (C=O) groups excluding carboxylic acids is 1. The van der Waals surface area contributed by atoms with E-state index in [1.165, 1.54) is 6.07 Å². The largest absolute Gasteiger partial charge is 0.380 e. The van der Waals surface area contributed by atoms with Crippen molar-refractivity contribution in [2.75, 3.05) is 25.5 Å². The highest BCUT2D eigenvalue weighted by atomic mass is 16.6. The van der Waals surface area contributed by atoms with Crippen molar-refractivity contribution in [2.24, 2.45) is 0 Å². The van der Waals surface area contributed by atoms with Gasteiger partial charge in [0.25, 0.3) is 11.6 Å². The second kappa shape index (κ2) is 8.64. The van der Waals surface area contributed by atoms with Crippen molar-refractivity contribution in [3.63, 3.8) is 0 Å². The summed E-state index contributed by atoms with van der Waals surface area (Å²) in [6.07, 6.45) is 0. The van der Waals surface area contributed by atoms with Gasteiger partial charge in [0, 0.05) is 31.8 Å². The number of hydrogen-bond donors (Lipinski definition) is 2. The molecule has 7 nitrogen and oxygen atoms in total. The van der Waals surface area contributed by atoms with Crippen LogP contribution in [0, 0.1) is 10.1 Å². The number of nitro benzene ring substituents is 1. The summed E-state index contributed by atoms with van der Waals surface area (Å²) in [5, 5.41) is 16.6. The van der Waals surface area contributed by atoms with Crippen molar-refractivity contribution in [1.82, 2.24) is 5.32 Å². The van der Waals surface area contributed by atoms with Gasteiger partial charge in [0.2, 0.25) is 0 Å². The first-order valence-electron chi connectivity index (χ1n) is 7.45. The van der Waals surface area contributed by atoms with Crippen LogP contribution in [0.1, 0.15) is 15.9 Å². The first kappa shape index (κ1) is 17.4. The molecule has 0 atom stereocenters. The molecular weight excluding hydrogens is 310 g/mol. The molecule has 0 radical (unpaired) electrons. The quantitative estimate of drug-likeness (QED) is 0.441. The van der Waals surface area contributed by atoms with Gasteiger partial charge in [-0.15, -0.1) is 0 Å². The van der Waals surface area contributed by atoms with Crippen molar-refractivity contribution in [3.8, 4) is 0 Å². The van der Waals surface area contributed by atoms with Crippen LogP contribution in [0.4, 0.5) is 11.4 Å². The van der Waals surface area contributed by atoms with Crippen molar-refractivity contribution in [2.45, 2.75) is 6.61 Å². The Morgan fingerprint density at radius 1 is 1.12 bits per heavy atom. The molecule has 0 unspecified atom stereocenters. The maximum absolute atomic E-state index is 12.0. The van der Waals surface area contributed by atoms with Gasteiger partial charge in [-0.05, 0) is 23.8 Å². The van der Waals surface area contributed by atoms with Crippen LogP contribution in [-0.4, -0.2) is 31.0 Å². The van der Waals surface area contributed by atoms with Crippen molar-refractivity contribution in [1.29, 1.82) is 0 Å². The third kappa shape index (κ3) is 4.79. The minimum Gasteiger partial charge on any atom is -0.380 e. The second-order valence-electron chi connectivity index (χ2n) is 5.09. The van der Waals surface area contributed by atoms with Gasteiger partial charge in [-0.25, -0.2) is 0 Å². The molecular formula is C17H19N3O4. The minimum absolute atomic E-state index is 0.0116. The SMILES string of the molecule is COCc1ccc(C(=O)NCCNc2ccccc2[N+](=O)[O-])cc1. The van der Waals surface area contributed by atoms with Gasteiger partial charge in [-0.3, -0.25) is 14.9 Å². The fourth-order valence-corrected chi connectivity index (χ4v) is 2.18. The zero-order chi connectivity index (χ0) is 17.4. The third-order valence-electron chi connectivity index (χ3n) is 3.35. The van der Waals surface area contributed by atoms with E-state index in [2.05, 4.69) is 10.6 Å². The van der Waals surface area contributed by atoms with Crippen molar-refractivity contribution in [3.05, 3.63) is 69.8 Å². The van der Waals surface area contributed by atoms with Crippen LogP contribution in [0.3, 0.4) is 0 Å². The molecule has 126 valence electrons. The fourth-order valence-electron chi connectivity index (χ4n) is 2.18. The zero-order valence-corrected chi connectivity index (χ0v) is 13.3. The van der Waals surface area contributed by atoms with Gasteiger partial charge in [0.05, 0.1) is 11.5 Å². The number of ether oxygens (including phenoxy) is 1. The van der Waals surface area contributed by atoms with E-state index in [9.17, 15) is 14.9 Å². The molecule has 0 aromatic heterocycles. The standard InChI is InChI=1S/C17H19N3O4/c1-24-12-13-6-8-14(9-7-13)17(21)19-11-10-18-15-4-2-3-5-16(15)20(22)23/h2-9,18H,10-12H2,1H3,(H,19,21). The van der Waals surface area contributed by atoms with E-state index in [0.29, 0.717) is 30.9 Å². The Balaban J connectivity index is 1.82. The number of anilines is 1. The number of hydrogen-bond acceptors (Lipinski definition) is 5. The molecule has 2 rings (SSSR count). The van der Waals surface area contributed by atoms with Crippen molar-refractivity contribution >= 4 is 17.3 Å². The molecule has 0 heterocycles. The zero-order valence-electron chi connectivity index (χ0n) is 13.3. The summed E-state index contributed by atoms with van der Waals surface area (Å²) in [7, 11) is 1.62. The Labute approximate surface area is 139 Å². The molecule has 2 aromatic carbocycles. The summed E-state index contributed by atoms with van der Waals surface area (Å²) in [6.45, 7) is 1.24. The highest BCUT2D eigenvalue weighted by Crippen LogP contribution is 2.22. The first-order valence-corrected chi connectivity index (χ1v) is 7.45. The Kier molecular flexibility index (Phi) is 6.27. The van der Waals surface area contributed by atoms with Gasteiger partial charge < -0.3 is 15.4 Å². The van der Waals surface area contributed by atoms with Gasteiger partial charge in [0.15, 0.2) is 0 Å². The average molecular weight is 329 g/mol. The Morgan fingerprint density at radius 3 is 2.50 bits per heavy atom. The van der Waals surface area contributed by atoms with E-state index in [1.807, 2.05) is 12.1 Å². The number of methoxy groups -OCH3 is 1. The number of amides is 1. The lowest BCUT2D eigenvalue weighted by molar-refractivity contribution is -0.384. The number of benzene rings is 2. The Bertz CT molecular complexity index is 701. The van der Waals surface area contributed by atoms with E-state index in [0.717, 1.165) is 5.56 Å². The molecule has 0 aliphatic rings. The van der Waals surface area contributed by atoms with Gasteiger partial charge in [-0.2, -0.15) is 0 Å². The smallest absolute Gasteiger partial charge is 0.292 e. The summed E-state index contributed by atoms with van der Waals surface area (Å²) >= 11 is 0. The normalized spacial score (nSPS) is 10.2. The molecule has 1 amide bonds. The highest BCUT2D eigenvalue weighted by Gasteiger charge is 2.11. The predicted octanol–water partition coefficient (Wildman–Crippen LogP) is 2.58. The van der Waals surface area contributed by atoms with E-state index in [4.69, 9.17) is 4.74 Å². The van der Waals surface area contributed by atoms with E-state index >= 15 is 0 Å². The van der Waals surface area contributed by atoms with Crippen LogP contribution >= 0.6 is 0 Å². The number of carbonyl (C=O) groups is 1. The lowest BCUT2D eigenvalue weighted by Gasteiger charge is -2.09. The molecule has 24 heavy (non-hydrogen) atoms. The van der Waals surface area contributed by atoms with Crippen LogP contribution in [0.15, 0.2) is 48.5 Å². The first-order chi connectivity index (χ1) is 11.6. The van der Waals surface area contributed by atoms with Gasteiger partial charge in [-0.1, -0.05) is 24.3 Å². The fraction of sp³-hybridized carbons (Fsp3) is 0.235. The number of para-hydroxylation sites is 2. The lowest BCUT2D eigenvalue weighted by atomic mass is 10.1. The van der Waals surface area contributed by atoms with E-state index in [-0.39, 0.29) is 11.6 Å². The summed E-state index contributed by atoms with van der Waals surface area (Å²) in [5.41, 5.74) is 1.99. The van der Waals surface area contributed by atoms with E-state index in [1.54, 1.807) is 37.4 Å². The topological polar surface area (TPSA) is 93.5 Å². The lowest BCUT2D eigenvalue weighted by Crippen LogP contribution is -2.28. The van der Waals surface area contributed by atoms with Crippen LogP contribution in [-0.2, 0) is 11.3 Å². The van der Waals surface area contributed by atoms with Crippen LogP contribution in [0.25, 0.3) is 0 Å². The highest BCUT2D eigenvalue weighted by molar-refractivity contribution is 5.94. The summed E-state index contributed by atoms with van der Waals surface area (Å²) < 4.78 is 5.02. The maximum Gasteiger partial charge on any atom is 0.292 e. The number of nitrogens with one attached hydrogen (secondary N) is 2. The molecule has 0 spiro atoms. The van der Waals surface area contributed by atoms with Crippen molar-refractivity contribution < 1.29 is 14.5 Å².